The third-order valence-corrected chi connectivity index (χ3v) is 5.50. The van der Waals surface area contributed by atoms with Gasteiger partial charge >= 0.3 is 6.03 Å². The first-order chi connectivity index (χ1) is 9.77. The molecule has 1 saturated carbocycles. The summed E-state index contributed by atoms with van der Waals surface area (Å²) in [4.78, 5) is 24.0. The van der Waals surface area contributed by atoms with Crippen LogP contribution in [-0.4, -0.2) is 50.0 Å². The van der Waals surface area contributed by atoms with Crippen molar-refractivity contribution in [2.75, 3.05) is 11.5 Å². The summed E-state index contributed by atoms with van der Waals surface area (Å²) >= 11 is 0. The van der Waals surface area contributed by atoms with Gasteiger partial charge in [-0.05, 0) is 25.2 Å². The van der Waals surface area contributed by atoms with E-state index in [2.05, 4.69) is 16.0 Å². The maximum absolute atomic E-state index is 12.1. The van der Waals surface area contributed by atoms with Gasteiger partial charge in [0.05, 0.1) is 11.5 Å². The average Bonchev–Trinajstić information content (AvgIpc) is 3.10. The topological polar surface area (TPSA) is 104 Å². The second-order valence-electron chi connectivity index (χ2n) is 6.22. The lowest BCUT2D eigenvalue weighted by Gasteiger charge is -2.23. The first-order valence-corrected chi connectivity index (χ1v) is 9.17. The highest BCUT2D eigenvalue weighted by atomic mass is 32.2. The second-order valence-corrected chi connectivity index (χ2v) is 8.45. The maximum Gasteiger partial charge on any atom is 0.315 e. The fraction of sp³-hybridized carbons (Fsp3) is 0.846. The molecule has 3 N–H and O–H groups in total. The summed E-state index contributed by atoms with van der Waals surface area (Å²) in [5, 5.41) is 8.15. The van der Waals surface area contributed by atoms with Crippen LogP contribution in [0, 0.1) is 5.92 Å². The molecule has 2 fully saturated rings. The molecule has 8 heteroatoms. The van der Waals surface area contributed by atoms with Crippen molar-refractivity contribution in [1.29, 1.82) is 0 Å². The smallest absolute Gasteiger partial charge is 0.315 e. The number of amides is 3. The molecule has 2 aliphatic rings. The molecule has 2 atom stereocenters. The normalized spacial score (nSPS) is 25.4. The first kappa shape index (κ1) is 16.1. The van der Waals surface area contributed by atoms with Gasteiger partial charge in [-0.2, -0.15) is 0 Å². The molecular weight excluding hydrogens is 294 g/mol. The number of hydrogen-bond acceptors (Lipinski definition) is 4. The van der Waals surface area contributed by atoms with Crippen molar-refractivity contribution in [2.24, 2.45) is 5.92 Å². The van der Waals surface area contributed by atoms with Crippen molar-refractivity contribution in [2.45, 2.75) is 51.2 Å². The summed E-state index contributed by atoms with van der Waals surface area (Å²) < 4.78 is 22.7. The summed E-state index contributed by atoms with van der Waals surface area (Å²) in [6, 6.07) is -1.22. The number of rotatable bonds is 5. The Morgan fingerprint density at radius 2 is 1.71 bits per heavy atom. The molecule has 1 heterocycles. The molecule has 1 saturated heterocycles. The summed E-state index contributed by atoms with van der Waals surface area (Å²) in [6.45, 7) is 3.72. The summed E-state index contributed by atoms with van der Waals surface area (Å²) in [5.41, 5.74) is 0. The van der Waals surface area contributed by atoms with Gasteiger partial charge in [-0.15, -0.1) is 0 Å². The van der Waals surface area contributed by atoms with Crippen molar-refractivity contribution >= 4 is 21.8 Å². The van der Waals surface area contributed by atoms with Gasteiger partial charge in [0.1, 0.15) is 6.04 Å². The van der Waals surface area contributed by atoms with Gasteiger partial charge in [0.15, 0.2) is 9.84 Å². The van der Waals surface area contributed by atoms with Gasteiger partial charge < -0.3 is 16.0 Å². The highest BCUT2D eigenvalue weighted by molar-refractivity contribution is 7.91. The average molecular weight is 317 g/mol. The Hall–Kier alpha value is -1.31. The van der Waals surface area contributed by atoms with Gasteiger partial charge in [-0.1, -0.05) is 13.8 Å². The van der Waals surface area contributed by atoms with E-state index >= 15 is 0 Å². The van der Waals surface area contributed by atoms with E-state index in [0.29, 0.717) is 6.42 Å². The predicted molar refractivity (Wildman–Crippen MR) is 78.5 cm³/mol. The van der Waals surface area contributed by atoms with E-state index in [1.165, 1.54) is 0 Å². The molecule has 0 bridgehead atoms. The Labute approximate surface area is 125 Å². The van der Waals surface area contributed by atoms with Crippen LogP contribution in [0.4, 0.5) is 4.79 Å². The first-order valence-electron chi connectivity index (χ1n) is 7.34. The van der Waals surface area contributed by atoms with Crippen molar-refractivity contribution in [3.63, 3.8) is 0 Å². The van der Waals surface area contributed by atoms with E-state index in [1.54, 1.807) is 0 Å². The number of hydrogen-bond donors (Lipinski definition) is 3. The van der Waals surface area contributed by atoms with Crippen LogP contribution < -0.4 is 16.0 Å². The van der Waals surface area contributed by atoms with Crippen LogP contribution in [0.5, 0.6) is 0 Å². The number of sulfone groups is 1. The van der Waals surface area contributed by atoms with Crippen molar-refractivity contribution < 1.29 is 18.0 Å². The predicted octanol–water partition coefficient (Wildman–Crippen LogP) is -0.224. The van der Waals surface area contributed by atoms with Crippen LogP contribution in [0.15, 0.2) is 0 Å². The minimum Gasteiger partial charge on any atom is -0.352 e. The van der Waals surface area contributed by atoms with Crippen LogP contribution in [0.1, 0.15) is 33.1 Å². The van der Waals surface area contributed by atoms with Gasteiger partial charge in [0.2, 0.25) is 5.91 Å². The Morgan fingerprint density at radius 3 is 2.19 bits per heavy atom. The zero-order chi connectivity index (χ0) is 15.6. The molecule has 120 valence electrons. The van der Waals surface area contributed by atoms with Gasteiger partial charge in [-0.3, -0.25) is 4.79 Å². The van der Waals surface area contributed by atoms with Crippen molar-refractivity contribution in [3.05, 3.63) is 0 Å². The SMILES string of the molecule is CC(C)[C@H](NC(=O)N[C@H]1CCS(=O)(=O)C1)C(=O)NC1CC1. The van der Waals surface area contributed by atoms with Crippen LogP contribution in [0.25, 0.3) is 0 Å². The molecule has 3 amide bonds. The number of nitrogens with one attached hydrogen (secondary N) is 3. The van der Waals surface area contributed by atoms with Gasteiger partial charge in [0.25, 0.3) is 0 Å². The molecule has 0 unspecified atom stereocenters. The zero-order valence-corrected chi connectivity index (χ0v) is 13.2. The Kier molecular flexibility index (Phi) is 4.75. The molecule has 2 rings (SSSR count). The quantitative estimate of drug-likeness (QED) is 0.652. The summed E-state index contributed by atoms with van der Waals surface area (Å²) in [6.07, 6.45) is 2.40. The van der Waals surface area contributed by atoms with E-state index in [-0.39, 0.29) is 35.4 Å². The van der Waals surface area contributed by atoms with Crippen LogP contribution in [0.3, 0.4) is 0 Å². The summed E-state index contributed by atoms with van der Waals surface area (Å²) in [7, 11) is -3.03. The minimum absolute atomic E-state index is 0.0268. The van der Waals surface area contributed by atoms with E-state index in [9.17, 15) is 18.0 Å². The molecule has 0 spiro atoms. The van der Waals surface area contributed by atoms with Gasteiger partial charge in [-0.25, -0.2) is 13.2 Å². The van der Waals surface area contributed by atoms with E-state index < -0.39 is 21.9 Å². The van der Waals surface area contributed by atoms with E-state index in [4.69, 9.17) is 0 Å². The summed E-state index contributed by atoms with van der Waals surface area (Å²) in [5.74, 6) is -0.141. The number of urea groups is 1. The molecule has 7 nitrogen and oxygen atoms in total. The lowest BCUT2D eigenvalue weighted by molar-refractivity contribution is -0.124. The van der Waals surface area contributed by atoms with Crippen LogP contribution in [0.2, 0.25) is 0 Å². The Morgan fingerprint density at radius 1 is 1.05 bits per heavy atom. The molecule has 21 heavy (non-hydrogen) atoms. The Bertz CT molecular complexity index is 514. The molecule has 0 radical (unpaired) electrons. The molecular formula is C13H23N3O4S. The monoisotopic (exact) mass is 317 g/mol. The van der Waals surface area contributed by atoms with Crippen molar-refractivity contribution in [3.8, 4) is 0 Å². The Balaban J connectivity index is 1.84. The number of carbonyl (C=O) groups excluding carboxylic acids is 2. The minimum atomic E-state index is -3.03. The lowest BCUT2D eigenvalue weighted by atomic mass is 10.0. The molecule has 0 aromatic carbocycles. The van der Waals surface area contributed by atoms with Crippen molar-refractivity contribution in [1.82, 2.24) is 16.0 Å². The number of carbonyl (C=O) groups is 2. The highest BCUT2D eigenvalue weighted by Gasteiger charge is 2.32. The molecule has 0 aromatic rings. The van der Waals surface area contributed by atoms with Crippen LogP contribution >= 0.6 is 0 Å². The molecule has 1 aliphatic heterocycles. The largest absolute Gasteiger partial charge is 0.352 e. The molecule has 0 aromatic heterocycles. The fourth-order valence-electron chi connectivity index (χ4n) is 2.33. The van der Waals surface area contributed by atoms with E-state index in [1.807, 2.05) is 13.8 Å². The maximum atomic E-state index is 12.1. The third-order valence-electron chi connectivity index (χ3n) is 3.73. The molecule has 1 aliphatic carbocycles. The highest BCUT2D eigenvalue weighted by Crippen LogP contribution is 2.19. The zero-order valence-electron chi connectivity index (χ0n) is 12.4. The van der Waals surface area contributed by atoms with E-state index in [0.717, 1.165) is 12.8 Å². The lowest BCUT2D eigenvalue weighted by Crippen LogP contribution is -2.54. The third kappa shape index (κ3) is 4.87. The van der Waals surface area contributed by atoms with Crippen LogP contribution in [-0.2, 0) is 14.6 Å². The standard InChI is InChI=1S/C13H23N3O4S/c1-8(2)11(12(17)14-9-3-4-9)16-13(18)15-10-5-6-21(19,20)7-10/h8-11H,3-7H2,1-2H3,(H,14,17)(H2,15,16,18)/t10-,11-/m0/s1. The van der Waals surface area contributed by atoms with Gasteiger partial charge in [0, 0.05) is 12.1 Å². The fourth-order valence-corrected chi connectivity index (χ4v) is 4.00. The second kappa shape index (κ2) is 6.21.